The number of nitrogens with one attached hydrogen (secondary N) is 1. The van der Waals surface area contributed by atoms with Crippen molar-refractivity contribution in [1.82, 2.24) is 15.3 Å². The van der Waals surface area contributed by atoms with Crippen LogP contribution in [0.15, 0.2) is 30.6 Å². The zero-order valence-electron chi connectivity index (χ0n) is 18.0. The van der Waals surface area contributed by atoms with E-state index >= 15 is 0 Å². The lowest BCUT2D eigenvalue weighted by Crippen LogP contribution is -2.40. The summed E-state index contributed by atoms with van der Waals surface area (Å²) in [6, 6.07) is 7.18. The number of rotatable bonds is 6. The van der Waals surface area contributed by atoms with E-state index in [0.29, 0.717) is 33.9 Å². The van der Waals surface area contributed by atoms with E-state index in [1.165, 1.54) is 6.20 Å². The number of fused-ring (bicyclic) bond motifs is 1. The van der Waals surface area contributed by atoms with Crippen molar-refractivity contribution < 1.29 is 14.3 Å². The van der Waals surface area contributed by atoms with Crippen LogP contribution in [0.25, 0.3) is 0 Å². The summed E-state index contributed by atoms with van der Waals surface area (Å²) in [6.45, 7) is 1.66. The Bertz CT molecular complexity index is 1080. The molecule has 0 spiro atoms. The maximum absolute atomic E-state index is 12.6. The molecule has 0 unspecified atom stereocenters. The highest BCUT2D eigenvalue weighted by atomic mass is 35.5. The van der Waals surface area contributed by atoms with Crippen molar-refractivity contribution in [3.63, 3.8) is 0 Å². The first-order chi connectivity index (χ1) is 16.1. The van der Waals surface area contributed by atoms with Crippen molar-refractivity contribution in [2.75, 3.05) is 18.0 Å². The van der Waals surface area contributed by atoms with Gasteiger partial charge in [-0.25, -0.2) is 9.97 Å². The third-order valence-electron chi connectivity index (χ3n) is 6.99. The number of piperidine rings is 1. The Kier molecular flexibility index (Phi) is 5.90. The highest BCUT2D eigenvalue weighted by molar-refractivity contribution is 6.31. The number of nitrogens with zero attached hydrogens (tertiary/aromatic N) is 4. The first-order valence-electron chi connectivity index (χ1n) is 11.2. The molecule has 33 heavy (non-hydrogen) atoms. The number of nitriles is 1. The van der Waals surface area contributed by atoms with Gasteiger partial charge in [0.1, 0.15) is 29.6 Å². The minimum atomic E-state index is -0.220. The van der Waals surface area contributed by atoms with E-state index in [4.69, 9.17) is 21.6 Å². The van der Waals surface area contributed by atoms with Gasteiger partial charge in [0, 0.05) is 31.1 Å². The number of halogens is 1. The quantitative estimate of drug-likeness (QED) is 0.653. The molecule has 3 atom stereocenters. The molecule has 1 aromatic carbocycles. The topological polar surface area (TPSA) is 108 Å². The van der Waals surface area contributed by atoms with Gasteiger partial charge in [0.05, 0.1) is 29.1 Å². The van der Waals surface area contributed by atoms with Crippen LogP contribution in [0.5, 0.6) is 5.75 Å². The van der Waals surface area contributed by atoms with E-state index in [0.717, 1.165) is 50.9 Å². The summed E-state index contributed by atoms with van der Waals surface area (Å²) in [4.78, 5) is 34.4. The van der Waals surface area contributed by atoms with Crippen LogP contribution in [0.2, 0.25) is 5.02 Å². The summed E-state index contributed by atoms with van der Waals surface area (Å²) in [7, 11) is 0. The van der Waals surface area contributed by atoms with Gasteiger partial charge < -0.3 is 19.7 Å². The minimum absolute atomic E-state index is 0.0479. The smallest absolute Gasteiger partial charge is 0.271 e. The molecule has 3 fully saturated rings. The zero-order valence-corrected chi connectivity index (χ0v) is 18.7. The summed E-state index contributed by atoms with van der Waals surface area (Å²) in [5.41, 5.74) is 0.731. The molecule has 0 radical (unpaired) electrons. The number of carbonyl (C=O) groups excluding carboxylic acids is 2. The van der Waals surface area contributed by atoms with Crippen molar-refractivity contribution in [3.05, 3.63) is 46.9 Å². The number of hydrogen-bond donors (Lipinski definition) is 1. The van der Waals surface area contributed by atoms with Gasteiger partial charge in [-0.1, -0.05) is 11.6 Å². The number of aromatic nitrogens is 2. The van der Waals surface area contributed by atoms with Crippen molar-refractivity contribution >= 4 is 29.6 Å². The lowest BCUT2D eigenvalue weighted by Gasteiger charge is -2.29. The van der Waals surface area contributed by atoms with E-state index in [9.17, 15) is 9.59 Å². The molecule has 8 nitrogen and oxygen atoms in total. The van der Waals surface area contributed by atoms with Gasteiger partial charge in [-0.15, -0.1) is 0 Å². The van der Waals surface area contributed by atoms with Crippen LogP contribution in [-0.4, -0.2) is 47.4 Å². The summed E-state index contributed by atoms with van der Waals surface area (Å²) in [5.74, 6) is 2.28. The van der Waals surface area contributed by atoms with Gasteiger partial charge in [-0.2, -0.15) is 5.26 Å². The standard InChI is InChI=1S/C24H24ClN5O3/c25-21-7-17(4-1-14(21)8-26)33-16-5-2-15(3-6-16)29-24(32)22-9-28-23(10-27-22)30-11-18-19(12-30)20(18)13-31/h1,4,7,9-10,13,15-16,18-20H,2-3,5-6,11-12H2,(H,29,32)/t15?,16?,18-,19+,20+. The zero-order chi connectivity index (χ0) is 22.9. The molecule has 2 saturated carbocycles. The average molecular weight is 466 g/mol. The average Bonchev–Trinajstić information content (AvgIpc) is 3.30. The first-order valence-corrected chi connectivity index (χ1v) is 11.6. The summed E-state index contributed by atoms with van der Waals surface area (Å²) in [6.07, 6.45) is 7.51. The molecule has 1 aliphatic heterocycles. The molecule has 1 N–H and O–H groups in total. The van der Waals surface area contributed by atoms with Crippen LogP contribution in [0.1, 0.15) is 41.7 Å². The molecule has 1 saturated heterocycles. The highest BCUT2D eigenvalue weighted by Gasteiger charge is 2.55. The van der Waals surface area contributed by atoms with E-state index < -0.39 is 0 Å². The van der Waals surface area contributed by atoms with Crippen molar-refractivity contribution in [1.29, 1.82) is 5.26 Å². The minimum Gasteiger partial charge on any atom is -0.490 e. The van der Waals surface area contributed by atoms with E-state index in [1.807, 2.05) is 6.07 Å². The number of ether oxygens (including phenoxy) is 1. The number of amides is 1. The Balaban J connectivity index is 1.09. The lowest BCUT2D eigenvalue weighted by molar-refractivity contribution is -0.109. The Morgan fingerprint density at radius 3 is 2.55 bits per heavy atom. The van der Waals surface area contributed by atoms with Crippen LogP contribution in [0.4, 0.5) is 5.82 Å². The fourth-order valence-electron chi connectivity index (χ4n) is 5.00. The normalized spacial score (nSPS) is 27.9. The molecule has 1 aromatic heterocycles. The van der Waals surface area contributed by atoms with Gasteiger partial charge in [-0.05, 0) is 49.7 Å². The number of aldehydes is 1. The molecular formula is C24H24ClN5O3. The summed E-state index contributed by atoms with van der Waals surface area (Å²) in [5, 5.41) is 12.4. The van der Waals surface area contributed by atoms with Gasteiger partial charge in [0.2, 0.25) is 0 Å². The van der Waals surface area contributed by atoms with Crippen molar-refractivity contribution in [2.24, 2.45) is 17.8 Å². The van der Waals surface area contributed by atoms with Crippen LogP contribution >= 0.6 is 11.6 Å². The van der Waals surface area contributed by atoms with E-state index in [2.05, 4.69) is 20.2 Å². The van der Waals surface area contributed by atoms with E-state index in [1.54, 1.807) is 24.4 Å². The Morgan fingerprint density at radius 1 is 1.18 bits per heavy atom. The van der Waals surface area contributed by atoms with Gasteiger partial charge in [0.25, 0.3) is 5.91 Å². The fourth-order valence-corrected chi connectivity index (χ4v) is 5.21. The highest BCUT2D eigenvalue weighted by Crippen LogP contribution is 2.50. The SMILES string of the molecule is N#Cc1ccc(OC2CCC(NC(=O)c3cnc(N4C[C@@H]5[C@@H](C=O)[C@@H]5C4)cn3)CC2)cc1Cl. The predicted octanol–water partition coefficient (Wildman–Crippen LogP) is 3.00. The lowest BCUT2D eigenvalue weighted by atomic mass is 9.93. The molecule has 1 amide bonds. The second-order valence-corrected chi connectivity index (χ2v) is 9.43. The fraction of sp³-hybridized carbons (Fsp3) is 0.458. The molecule has 3 aliphatic rings. The van der Waals surface area contributed by atoms with Crippen LogP contribution in [-0.2, 0) is 4.79 Å². The van der Waals surface area contributed by atoms with Crippen LogP contribution < -0.4 is 15.0 Å². The molecule has 2 heterocycles. The monoisotopic (exact) mass is 465 g/mol. The van der Waals surface area contributed by atoms with E-state index in [-0.39, 0.29) is 24.0 Å². The molecule has 5 rings (SSSR count). The second-order valence-electron chi connectivity index (χ2n) is 9.02. The molecule has 170 valence electrons. The van der Waals surface area contributed by atoms with Gasteiger partial charge >= 0.3 is 0 Å². The number of carbonyl (C=O) groups is 2. The molecular weight excluding hydrogens is 442 g/mol. The summed E-state index contributed by atoms with van der Waals surface area (Å²) < 4.78 is 6.01. The van der Waals surface area contributed by atoms with Crippen LogP contribution in [0, 0.1) is 29.1 Å². The number of hydrogen-bond acceptors (Lipinski definition) is 7. The van der Waals surface area contributed by atoms with Crippen molar-refractivity contribution in [3.8, 4) is 11.8 Å². The number of benzene rings is 1. The molecule has 2 aliphatic carbocycles. The maximum Gasteiger partial charge on any atom is 0.271 e. The predicted molar refractivity (Wildman–Crippen MR) is 121 cm³/mol. The number of anilines is 1. The van der Waals surface area contributed by atoms with Crippen molar-refractivity contribution in [2.45, 2.75) is 37.8 Å². The maximum atomic E-state index is 12.6. The Morgan fingerprint density at radius 2 is 1.94 bits per heavy atom. The third kappa shape index (κ3) is 4.51. The molecule has 9 heteroatoms. The Labute approximate surface area is 196 Å². The Hall–Kier alpha value is -3.18. The summed E-state index contributed by atoms with van der Waals surface area (Å²) >= 11 is 6.08. The molecule has 2 aromatic rings. The largest absolute Gasteiger partial charge is 0.490 e. The molecule has 0 bridgehead atoms. The van der Waals surface area contributed by atoms with Gasteiger partial charge in [0.15, 0.2) is 0 Å². The first kappa shape index (κ1) is 21.7. The second kappa shape index (κ2) is 8.99. The third-order valence-corrected chi connectivity index (χ3v) is 7.30. The van der Waals surface area contributed by atoms with Crippen LogP contribution in [0.3, 0.4) is 0 Å². The van der Waals surface area contributed by atoms with Gasteiger partial charge in [-0.3, -0.25) is 4.79 Å².